The molecule has 1 aromatic carbocycles. The van der Waals surface area contributed by atoms with Gasteiger partial charge in [0.25, 0.3) is 5.91 Å². The summed E-state index contributed by atoms with van der Waals surface area (Å²) in [5.41, 5.74) is 0.546. The van der Waals surface area contributed by atoms with E-state index in [-0.39, 0.29) is 18.5 Å². The minimum Gasteiger partial charge on any atom is -0.388 e. The van der Waals surface area contributed by atoms with Gasteiger partial charge in [-0.05, 0) is 39.3 Å². The van der Waals surface area contributed by atoms with E-state index in [1.165, 1.54) is 0 Å². The number of nitrogens with one attached hydrogen (secondary N) is 2. The normalized spacial score (nSPS) is 14.0. The van der Waals surface area contributed by atoms with Crippen LogP contribution in [0.5, 0.6) is 0 Å². The van der Waals surface area contributed by atoms with Crippen molar-refractivity contribution in [2.75, 3.05) is 11.9 Å². The zero-order chi connectivity index (χ0) is 14.5. The highest BCUT2D eigenvalue weighted by molar-refractivity contribution is 5.99. The Hall–Kier alpha value is -1.55. The van der Waals surface area contributed by atoms with E-state index >= 15 is 0 Å². The number of carbonyl (C=O) groups is 1. The first kappa shape index (κ1) is 15.5. The summed E-state index contributed by atoms with van der Waals surface area (Å²) in [6.45, 7) is 7.90. The molecule has 1 unspecified atom stereocenters. The molecule has 0 aliphatic carbocycles. The molecular weight excluding hydrogens is 240 g/mol. The molecule has 0 aliphatic heterocycles. The van der Waals surface area contributed by atoms with Crippen LogP contribution in [0, 0.1) is 0 Å². The van der Waals surface area contributed by atoms with Crippen molar-refractivity contribution in [1.29, 1.82) is 0 Å². The van der Waals surface area contributed by atoms with Gasteiger partial charge < -0.3 is 15.7 Å². The summed E-state index contributed by atoms with van der Waals surface area (Å²) in [4.78, 5) is 12.1. The van der Waals surface area contributed by atoms with Gasteiger partial charge in [0.05, 0.1) is 11.2 Å². The highest BCUT2D eigenvalue weighted by Crippen LogP contribution is 2.16. The Kier molecular flexibility index (Phi) is 5.36. The Labute approximate surface area is 115 Å². The standard InChI is InChI=1S/C15H24N2O2/c1-5-15(4,19)10-16-14(18)12-8-6-7-9-13(12)17-11(2)3/h6-9,11,17,19H,5,10H2,1-4H3,(H,16,18). The minimum atomic E-state index is -0.865. The van der Waals surface area contributed by atoms with Crippen molar-refractivity contribution in [3.63, 3.8) is 0 Å². The van der Waals surface area contributed by atoms with Crippen molar-refractivity contribution in [3.8, 4) is 0 Å². The van der Waals surface area contributed by atoms with Gasteiger partial charge in [0.1, 0.15) is 0 Å². The molecule has 106 valence electrons. The van der Waals surface area contributed by atoms with Crippen LogP contribution < -0.4 is 10.6 Å². The number of amides is 1. The molecule has 1 aromatic rings. The summed E-state index contributed by atoms with van der Waals surface area (Å²) < 4.78 is 0. The zero-order valence-electron chi connectivity index (χ0n) is 12.2. The van der Waals surface area contributed by atoms with E-state index in [0.717, 1.165) is 5.69 Å². The molecule has 0 bridgehead atoms. The number of anilines is 1. The minimum absolute atomic E-state index is 0.169. The lowest BCUT2D eigenvalue weighted by atomic mass is 10.0. The van der Waals surface area contributed by atoms with Crippen molar-refractivity contribution in [1.82, 2.24) is 5.32 Å². The molecule has 0 spiro atoms. The summed E-state index contributed by atoms with van der Waals surface area (Å²) in [6, 6.07) is 7.64. The zero-order valence-corrected chi connectivity index (χ0v) is 12.2. The lowest BCUT2D eigenvalue weighted by molar-refractivity contribution is 0.0518. The van der Waals surface area contributed by atoms with Crippen LogP contribution in [0.2, 0.25) is 0 Å². The Morgan fingerprint density at radius 2 is 2.00 bits per heavy atom. The summed E-state index contributed by atoms with van der Waals surface area (Å²) in [5.74, 6) is -0.169. The van der Waals surface area contributed by atoms with Gasteiger partial charge in [0.2, 0.25) is 0 Å². The van der Waals surface area contributed by atoms with Crippen LogP contribution in [0.15, 0.2) is 24.3 Å². The van der Waals surface area contributed by atoms with E-state index in [4.69, 9.17) is 0 Å². The van der Waals surface area contributed by atoms with Gasteiger partial charge in [-0.15, -0.1) is 0 Å². The molecule has 3 N–H and O–H groups in total. The van der Waals surface area contributed by atoms with Crippen LogP contribution in [0.3, 0.4) is 0 Å². The molecule has 0 saturated heterocycles. The Bertz CT molecular complexity index is 428. The van der Waals surface area contributed by atoms with Gasteiger partial charge in [-0.2, -0.15) is 0 Å². The number of aliphatic hydroxyl groups is 1. The van der Waals surface area contributed by atoms with Crippen LogP contribution in [-0.4, -0.2) is 29.2 Å². The quantitative estimate of drug-likeness (QED) is 0.739. The maximum Gasteiger partial charge on any atom is 0.253 e. The van der Waals surface area contributed by atoms with Gasteiger partial charge in [-0.3, -0.25) is 4.79 Å². The summed E-state index contributed by atoms with van der Waals surface area (Å²) >= 11 is 0. The highest BCUT2D eigenvalue weighted by Gasteiger charge is 2.19. The third-order valence-corrected chi connectivity index (χ3v) is 3.01. The van der Waals surface area contributed by atoms with Crippen LogP contribution in [0.25, 0.3) is 0 Å². The van der Waals surface area contributed by atoms with Crippen LogP contribution in [-0.2, 0) is 0 Å². The maximum absolute atomic E-state index is 12.1. The average Bonchev–Trinajstić information content (AvgIpc) is 2.36. The monoisotopic (exact) mass is 264 g/mol. The Balaban J connectivity index is 2.77. The van der Waals surface area contributed by atoms with Gasteiger partial charge in [-0.25, -0.2) is 0 Å². The molecule has 0 fully saturated rings. The van der Waals surface area contributed by atoms with Gasteiger partial charge in [0, 0.05) is 18.3 Å². The number of hydrogen-bond donors (Lipinski definition) is 3. The summed E-state index contributed by atoms with van der Waals surface area (Å²) in [5, 5.41) is 15.9. The van der Waals surface area contributed by atoms with E-state index < -0.39 is 5.60 Å². The fourth-order valence-electron chi connectivity index (χ4n) is 1.61. The number of para-hydroxylation sites is 1. The average molecular weight is 264 g/mol. The SMILES string of the molecule is CCC(C)(O)CNC(=O)c1ccccc1NC(C)C. The van der Waals surface area contributed by atoms with E-state index in [0.29, 0.717) is 12.0 Å². The first-order valence-electron chi connectivity index (χ1n) is 6.72. The first-order valence-corrected chi connectivity index (χ1v) is 6.72. The molecule has 1 atom stereocenters. The molecule has 19 heavy (non-hydrogen) atoms. The van der Waals surface area contributed by atoms with Crippen molar-refractivity contribution in [2.24, 2.45) is 0 Å². The number of benzene rings is 1. The van der Waals surface area contributed by atoms with Crippen LogP contribution >= 0.6 is 0 Å². The topological polar surface area (TPSA) is 61.4 Å². The van der Waals surface area contributed by atoms with Crippen molar-refractivity contribution in [3.05, 3.63) is 29.8 Å². The molecule has 1 amide bonds. The number of hydrogen-bond acceptors (Lipinski definition) is 3. The second kappa shape index (κ2) is 6.57. The van der Waals surface area contributed by atoms with E-state index in [9.17, 15) is 9.90 Å². The van der Waals surface area contributed by atoms with Crippen molar-refractivity contribution < 1.29 is 9.90 Å². The fourth-order valence-corrected chi connectivity index (χ4v) is 1.61. The molecule has 4 heteroatoms. The van der Waals surface area contributed by atoms with Crippen molar-refractivity contribution >= 4 is 11.6 Å². The molecule has 0 aliphatic rings. The molecule has 0 heterocycles. The van der Waals surface area contributed by atoms with E-state index in [2.05, 4.69) is 10.6 Å². The molecular formula is C15H24N2O2. The molecule has 4 nitrogen and oxygen atoms in total. The van der Waals surface area contributed by atoms with E-state index in [1.807, 2.05) is 39.0 Å². The van der Waals surface area contributed by atoms with Crippen molar-refractivity contribution in [2.45, 2.75) is 45.8 Å². The summed E-state index contributed by atoms with van der Waals surface area (Å²) in [7, 11) is 0. The molecule has 1 rings (SSSR count). The first-order chi connectivity index (χ1) is 8.85. The lowest BCUT2D eigenvalue weighted by Crippen LogP contribution is -2.40. The van der Waals surface area contributed by atoms with Crippen LogP contribution in [0.4, 0.5) is 5.69 Å². The third kappa shape index (κ3) is 4.91. The fraction of sp³-hybridized carbons (Fsp3) is 0.533. The second-order valence-electron chi connectivity index (χ2n) is 5.38. The van der Waals surface area contributed by atoms with Crippen LogP contribution in [0.1, 0.15) is 44.5 Å². The maximum atomic E-state index is 12.1. The second-order valence-corrected chi connectivity index (χ2v) is 5.38. The summed E-state index contributed by atoms with van der Waals surface area (Å²) in [6.07, 6.45) is 0.596. The Morgan fingerprint density at radius 1 is 1.37 bits per heavy atom. The third-order valence-electron chi connectivity index (χ3n) is 3.01. The number of rotatable bonds is 6. The predicted octanol–water partition coefficient (Wildman–Crippen LogP) is 2.40. The van der Waals surface area contributed by atoms with E-state index in [1.54, 1.807) is 13.0 Å². The largest absolute Gasteiger partial charge is 0.388 e. The number of carbonyl (C=O) groups excluding carboxylic acids is 1. The van der Waals surface area contributed by atoms with Gasteiger partial charge >= 0.3 is 0 Å². The van der Waals surface area contributed by atoms with Gasteiger partial charge in [-0.1, -0.05) is 19.1 Å². The molecule has 0 aromatic heterocycles. The molecule has 0 saturated carbocycles. The smallest absolute Gasteiger partial charge is 0.253 e. The van der Waals surface area contributed by atoms with Gasteiger partial charge in [0.15, 0.2) is 0 Å². The Morgan fingerprint density at radius 3 is 2.58 bits per heavy atom. The highest BCUT2D eigenvalue weighted by atomic mass is 16.3. The molecule has 0 radical (unpaired) electrons. The predicted molar refractivity (Wildman–Crippen MR) is 78.4 cm³/mol. The lowest BCUT2D eigenvalue weighted by Gasteiger charge is -2.22.